The molecule has 1 aromatic carbocycles. The van der Waals surface area contributed by atoms with Gasteiger partial charge >= 0.3 is 0 Å². The minimum atomic E-state index is 0.338. The fourth-order valence-electron chi connectivity index (χ4n) is 2.81. The van der Waals surface area contributed by atoms with Crippen LogP contribution in [0.25, 0.3) is 0 Å². The van der Waals surface area contributed by atoms with Gasteiger partial charge in [0.15, 0.2) is 17.5 Å². The van der Waals surface area contributed by atoms with Crippen LogP contribution < -0.4 is 20.1 Å². The molecular weight excluding hydrogens is 346 g/mol. The van der Waals surface area contributed by atoms with Gasteiger partial charge in [-0.3, -0.25) is 4.99 Å². The van der Waals surface area contributed by atoms with Crippen LogP contribution >= 0.6 is 0 Å². The van der Waals surface area contributed by atoms with Gasteiger partial charge in [-0.25, -0.2) is 0 Å². The predicted octanol–water partition coefficient (Wildman–Crippen LogP) is 3.06. The number of methoxy groups -OCH3 is 1. The predicted molar refractivity (Wildman–Crippen MR) is 108 cm³/mol. The molecule has 7 nitrogen and oxygen atoms in total. The molecule has 0 saturated carbocycles. The summed E-state index contributed by atoms with van der Waals surface area (Å²) in [5, 5.41) is 6.57. The summed E-state index contributed by atoms with van der Waals surface area (Å²) >= 11 is 0. The van der Waals surface area contributed by atoms with Crippen molar-refractivity contribution in [3.63, 3.8) is 0 Å². The summed E-state index contributed by atoms with van der Waals surface area (Å²) in [5.74, 6) is 2.18. The van der Waals surface area contributed by atoms with Crippen molar-refractivity contribution in [2.45, 2.75) is 39.2 Å². The lowest BCUT2D eigenvalue weighted by Gasteiger charge is -2.22. The molecule has 27 heavy (non-hydrogen) atoms. The zero-order valence-corrected chi connectivity index (χ0v) is 16.8. The lowest BCUT2D eigenvalue weighted by Crippen LogP contribution is -2.31. The van der Waals surface area contributed by atoms with Crippen LogP contribution in [0.1, 0.15) is 33.1 Å². The van der Waals surface area contributed by atoms with Crippen LogP contribution in [0.3, 0.4) is 0 Å². The molecule has 0 radical (unpaired) electrons. The topological polar surface area (TPSA) is 73.3 Å². The van der Waals surface area contributed by atoms with E-state index in [4.69, 9.17) is 18.9 Å². The summed E-state index contributed by atoms with van der Waals surface area (Å²) in [7, 11) is 1.64. The van der Waals surface area contributed by atoms with Crippen molar-refractivity contribution in [1.29, 1.82) is 0 Å². The standard InChI is InChI=1S/C20H33N3O4/c1-4-21-20(22-11-6-12-27-17-9-13-25-14-10-17)23-16-7-8-18(26-5-2)19(15-16)24-3/h7-8,15,17H,4-6,9-14H2,1-3H3,(H2,21,22,23). The highest BCUT2D eigenvalue weighted by atomic mass is 16.5. The zero-order chi connectivity index (χ0) is 19.3. The summed E-state index contributed by atoms with van der Waals surface area (Å²) in [6.45, 7) is 8.43. The van der Waals surface area contributed by atoms with Gasteiger partial charge in [0.2, 0.25) is 0 Å². The molecule has 152 valence electrons. The lowest BCUT2D eigenvalue weighted by molar-refractivity contribution is -0.0318. The van der Waals surface area contributed by atoms with Crippen LogP contribution in [0, 0.1) is 0 Å². The van der Waals surface area contributed by atoms with Crippen molar-refractivity contribution in [3.05, 3.63) is 18.2 Å². The second-order valence-electron chi connectivity index (χ2n) is 6.22. The third-order valence-corrected chi connectivity index (χ3v) is 4.16. The van der Waals surface area contributed by atoms with E-state index in [1.165, 1.54) is 0 Å². The van der Waals surface area contributed by atoms with Crippen LogP contribution in [-0.4, -0.2) is 58.7 Å². The van der Waals surface area contributed by atoms with Crippen molar-refractivity contribution < 1.29 is 18.9 Å². The Hall–Kier alpha value is -1.99. The molecule has 1 heterocycles. The summed E-state index contributed by atoms with van der Waals surface area (Å²) < 4.78 is 22.2. The van der Waals surface area contributed by atoms with Gasteiger partial charge < -0.3 is 29.6 Å². The van der Waals surface area contributed by atoms with Crippen LogP contribution in [0.5, 0.6) is 11.5 Å². The van der Waals surface area contributed by atoms with Crippen LogP contribution in [-0.2, 0) is 9.47 Å². The number of hydrogen-bond acceptors (Lipinski definition) is 5. The molecule has 1 fully saturated rings. The van der Waals surface area contributed by atoms with Crippen molar-refractivity contribution >= 4 is 11.6 Å². The maximum Gasteiger partial charge on any atom is 0.195 e. The first-order chi connectivity index (χ1) is 13.3. The van der Waals surface area contributed by atoms with E-state index in [9.17, 15) is 0 Å². The van der Waals surface area contributed by atoms with E-state index >= 15 is 0 Å². The molecule has 1 aliphatic rings. The average Bonchev–Trinajstić information content (AvgIpc) is 2.70. The molecule has 0 spiro atoms. The van der Waals surface area contributed by atoms with E-state index in [-0.39, 0.29) is 0 Å². The minimum absolute atomic E-state index is 0.338. The highest BCUT2D eigenvalue weighted by molar-refractivity contribution is 5.93. The number of guanidine groups is 1. The van der Waals surface area contributed by atoms with E-state index in [0.717, 1.165) is 63.0 Å². The largest absolute Gasteiger partial charge is 0.493 e. The third-order valence-electron chi connectivity index (χ3n) is 4.16. The molecule has 0 unspecified atom stereocenters. The maximum absolute atomic E-state index is 5.89. The first-order valence-electron chi connectivity index (χ1n) is 9.82. The second-order valence-corrected chi connectivity index (χ2v) is 6.22. The summed E-state index contributed by atoms with van der Waals surface area (Å²) in [6.07, 6.45) is 3.21. The van der Waals surface area contributed by atoms with Gasteiger partial charge in [0, 0.05) is 44.7 Å². The molecule has 1 saturated heterocycles. The molecule has 7 heteroatoms. The van der Waals surface area contributed by atoms with E-state index in [1.807, 2.05) is 32.0 Å². The molecule has 0 bridgehead atoms. The van der Waals surface area contributed by atoms with Crippen molar-refractivity contribution in [3.8, 4) is 11.5 Å². The summed E-state index contributed by atoms with van der Waals surface area (Å²) in [4.78, 5) is 4.62. The van der Waals surface area contributed by atoms with E-state index in [1.54, 1.807) is 7.11 Å². The van der Waals surface area contributed by atoms with E-state index in [0.29, 0.717) is 25.0 Å². The summed E-state index contributed by atoms with van der Waals surface area (Å²) in [5.41, 5.74) is 0.897. The molecule has 0 aromatic heterocycles. The number of benzene rings is 1. The molecule has 0 aliphatic carbocycles. The van der Waals surface area contributed by atoms with Gasteiger partial charge in [0.1, 0.15) is 0 Å². The Bertz CT molecular complexity index is 574. The fraction of sp³-hybridized carbons (Fsp3) is 0.650. The smallest absolute Gasteiger partial charge is 0.195 e. The SMILES string of the molecule is CCNC(=NCCCOC1CCOCC1)Nc1ccc(OCC)c(OC)c1. The van der Waals surface area contributed by atoms with Crippen LogP contribution in [0.15, 0.2) is 23.2 Å². The Morgan fingerprint density at radius 3 is 2.74 bits per heavy atom. The molecule has 0 amide bonds. The lowest BCUT2D eigenvalue weighted by atomic mass is 10.1. The first kappa shape index (κ1) is 21.3. The number of ether oxygens (including phenoxy) is 4. The van der Waals surface area contributed by atoms with Crippen molar-refractivity contribution in [2.75, 3.05) is 51.9 Å². The monoisotopic (exact) mass is 379 g/mol. The third kappa shape index (κ3) is 7.64. The van der Waals surface area contributed by atoms with Gasteiger partial charge in [-0.1, -0.05) is 0 Å². The quantitative estimate of drug-likeness (QED) is 0.370. The molecule has 2 rings (SSSR count). The van der Waals surface area contributed by atoms with Crippen LogP contribution in [0.4, 0.5) is 5.69 Å². The van der Waals surface area contributed by atoms with Gasteiger partial charge in [-0.05, 0) is 45.2 Å². The number of nitrogens with one attached hydrogen (secondary N) is 2. The number of anilines is 1. The number of hydrogen-bond donors (Lipinski definition) is 2. The molecule has 1 aliphatic heterocycles. The molecule has 0 atom stereocenters. The highest BCUT2D eigenvalue weighted by Crippen LogP contribution is 2.30. The average molecular weight is 380 g/mol. The Kier molecular flexibility index (Phi) is 9.79. The van der Waals surface area contributed by atoms with Crippen molar-refractivity contribution in [1.82, 2.24) is 5.32 Å². The number of rotatable bonds is 10. The first-order valence-corrected chi connectivity index (χ1v) is 9.82. The number of aliphatic imine (C=N–C) groups is 1. The van der Waals surface area contributed by atoms with Gasteiger partial charge in [0.05, 0.1) is 19.8 Å². The van der Waals surface area contributed by atoms with Gasteiger partial charge in [0.25, 0.3) is 0 Å². The van der Waals surface area contributed by atoms with Gasteiger partial charge in [-0.2, -0.15) is 0 Å². The van der Waals surface area contributed by atoms with Gasteiger partial charge in [-0.15, -0.1) is 0 Å². The maximum atomic E-state index is 5.89. The highest BCUT2D eigenvalue weighted by Gasteiger charge is 2.13. The Morgan fingerprint density at radius 2 is 2.04 bits per heavy atom. The Balaban J connectivity index is 1.83. The van der Waals surface area contributed by atoms with E-state index < -0.39 is 0 Å². The molecular formula is C20H33N3O4. The van der Waals surface area contributed by atoms with Crippen LogP contribution in [0.2, 0.25) is 0 Å². The second kappa shape index (κ2) is 12.4. The zero-order valence-electron chi connectivity index (χ0n) is 16.8. The normalized spacial score (nSPS) is 15.4. The van der Waals surface area contributed by atoms with Crippen molar-refractivity contribution in [2.24, 2.45) is 4.99 Å². The Labute approximate surface area is 162 Å². The molecule has 1 aromatic rings. The Morgan fingerprint density at radius 1 is 1.22 bits per heavy atom. The number of nitrogens with zero attached hydrogens (tertiary/aromatic N) is 1. The fourth-order valence-corrected chi connectivity index (χ4v) is 2.81. The van der Waals surface area contributed by atoms with E-state index in [2.05, 4.69) is 15.6 Å². The molecule has 2 N–H and O–H groups in total. The summed E-state index contributed by atoms with van der Waals surface area (Å²) in [6, 6.07) is 5.76. The minimum Gasteiger partial charge on any atom is -0.493 e.